The number of aromatic nitrogens is 2. The standard InChI is InChI=1S/C16H18ClN3O3/c1-19-12(13(16(21)22)20-7-9-23-10-8-20)14(17)18-15(19)11-5-3-2-4-6-11/h2-6,13H,7-10H2,1H3,(H,21,22). The first-order valence-corrected chi connectivity index (χ1v) is 7.79. The first kappa shape index (κ1) is 16.0. The molecule has 1 aliphatic rings. The maximum absolute atomic E-state index is 11.9. The number of nitrogens with zero attached hydrogens (tertiary/aromatic N) is 3. The van der Waals surface area contributed by atoms with Crippen molar-refractivity contribution in [3.8, 4) is 11.4 Å². The maximum atomic E-state index is 11.9. The SMILES string of the molecule is Cn1c(-c2ccccc2)nc(Cl)c1C(C(=O)O)N1CCOCC1. The summed E-state index contributed by atoms with van der Waals surface area (Å²) in [7, 11) is 1.80. The third-order valence-corrected chi connectivity index (χ3v) is 4.31. The summed E-state index contributed by atoms with van der Waals surface area (Å²) in [4.78, 5) is 18.1. The third kappa shape index (κ3) is 3.10. The molecule has 1 fully saturated rings. The van der Waals surface area contributed by atoms with Crippen molar-refractivity contribution in [2.24, 2.45) is 7.05 Å². The summed E-state index contributed by atoms with van der Waals surface area (Å²) in [5.41, 5.74) is 1.40. The van der Waals surface area contributed by atoms with Gasteiger partial charge in [-0.05, 0) is 0 Å². The molecule has 1 aromatic heterocycles. The van der Waals surface area contributed by atoms with E-state index in [4.69, 9.17) is 16.3 Å². The highest BCUT2D eigenvalue weighted by Crippen LogP contribution is 2.32. The number of carboxylic acids is 1. The summed E-state index contributed by atoms with van der Waals surface area (Å²) in [5.74, 6) is -0.276. The molecular weight excluding hydrogens is 318 g/mol. The van der Waals surface area contributed by atoms with Crippen LogP contribution in [0.25, 0.3) is 11.4 Å². The summed E-state index contributed by atoms with van der Waals surface area (Å²) in [6, 6.07) is 8.76. The largest absolute Gasteiger partial charge is 0.480 e. The quantitative estimate of drug-likeness (QED) is 0.927. The second kappa shape index (κ2) is 6.70. The molecule has 1 atom stereocenters. The molecule has 0 amide bonds. The first-order valence-electron chi connectivity index (χ1n) is 7.41. The number of ether oxygens (including phenoxy) is 1. The molecular formula is C16H18ClN3O3. The van der Waals surface area contributed by atoms with Gasteiger partial charge in [0.05, 0.1) is 18.9 Å². The zero-order chi connectivity index (χ0) is 16.4. The molecule has 0 aliphatic carbocycles. The van der Waals surface area contributed by atoms with Gasteiger partial charge < -0.3 is 14.4 Å². The predicted octanol–water partition coefficient (Wildman–Crippen LogP) is 2.20. The van der Waals surface area contributed by atoms with Gasteiger partial charge in [0.2, 0.25) is 0 Å². The van der Waals surface area contributed by atoms with Crippen LogP contribution in [0.15, 0.2) is 30.3 Å². The van der Waals surface area contributed by atoms with Gasteiger partial charge in [-0.25, -0.2) is 4.98 Å². The Morgan fingerprint density at radius 1 is 1.30 bits per heavy atom. The van der Waals surface area contributed by atoms with E-state index in [2.05, 4.69) is 4.98 Å². The highest BCUT2D eigenvalue weighted by atomic mass is 35.5. The van der Waals surface area contributed by atoms with Gasteiger partial charge in [0.15, 0.2) is 11.2 Å². The molecule has 1 aliphatic heterocycles. The molecule has 1 N–H and O–H groups in total. The Kier molecular flexibility index (Phi) is 4.66. The fraction of sp³-hybridized carbons (Fsp3) is 0.375. The lowest BCUT2D eigenvalue weighted by Gasteiger charge is -2.32. The van der Waals surface area contributed by atoms with Crippen molar-refractivity contribution in [2.45, 2.75) is 6.04 Å². The highest BCUT2D eigenvalue weighted by Gasteiger charge is 2.34. The summed E-state index contributed by atoms with van der Waals surface area (Å²) in [6.45, 7) is 2.15. The zero-order valence-electron chi connectivity index (χ0n) is 12.8. The lowest BCUT2D eigenvalue weighted by molar-refractivity contribution is -0.145. The van der Waals surface area contributed by atoms with E-state index in [0.717, 1.165) is 5.56 Å². The van der Waals surface area contributed by atoms with E-state index < -0.39 is 12.0 Å². The Hall–Kier alpha value is -1.89. The molecule has 0 spiro atoms. The van der Waals surface area contributed by atoms with E-state index in [9.17, 15) is 9.90 Å². The maximum Gasteiger partial charge on any atom is 0.327 e. The number of carbonyl (C=O) groups is 1. The van der Waals surface area contributed by atoms with E-state index in [-0.39, 0.29) is 5.15 Å². The number of carboxylic acid groups (broad SMARTS) is 1. The van der Waals surface area contributed by atoms with Crippen LogP contribution >= 0.6 is 11.6 Å². The number of hydrogen-bond acceptors (Lipinski definition) is 4. The van der Waals surface area contributed by atoms with Crippen LogP contribution in [0, 0.1) is 0 Å². The van der Waals surface area contributed by atoms with Gasteiger partial charge in [-0.3, -0.25) is 9.69 Å². The molecule has 7 heteroatoms. The topological polar surface area (TPSA) is 67.6 Å². The average Bonchev–Trinajstić information content (AvgIpc) is 2.85. The van der Waals surface area contributed by atoms with Gasteiger partial charge in [0.1, 0.15) is 5.82 Å². The molecule has 1 saturated heterocycles. The smallest absolute Gasteiger partial charge is 0.327 e. The minimum Gasteiger partial charge on any atom is -0.480 e. The number of imidazole rings is 1. The van der Waals surface area contributed by atoms with Crippen LogP contribution in [0.4, 0.5) is 0 Å². The molecule has 23 heavy (non-hydrogen) atoms. The molecule has 122 valence electrons. The molecule has 0 saturated carbocycles. The van der Waals surface area contributed by atoms with Gasteiger partial charge in [0.25, 0.3) is 0 Å². The third-order valence-electron chi connectivity index (χ3n) is 4.03. The lowest BCUT2D eigenvalue weighted by Crippen LogP contribution is -2.42. The van der Waals surface area contributed by atoms with E-state index in [0.29, 0.717) is 37.8 Å². The Labute approximate surface area is 139 Å². The van der Waals surface area contributed by atoms with Gasteiger partial charge >= 0.3 is 5.97 Å². The molecule has 2 aromatic rings. The van der Waals surface area contributed by atoms with Gasteiger partial charge in [-0.2, -0.15) is 0 Å². The fourth-order valence-corrected chi connectivity index (χ4v) is 3.21. The molecule has 1 aromatic carbocycles. The van der Waals surface area contributed by atoms with Gasteiger partial charge in [-0.15, -0.1) is 0 Å². The number of rotatable bonds is 4. The Balaban J connectivity index is 2.03. The molecule has 0 bridgehead atoms. The van der Waals surface area contributed by atoms with Crippen LogP contribution in [0.2, 0.25) is 5.15 Å². The normalized spacial score (nSPS) is 17.1. The Morgan fingerprint density at radius 2 is 1.96 bits per heavy atom. The minimum atomic E-state index is -0.934. The number of benzene rings is 1. The number of aliphatic carboxylic acids is 1. The van der Waals surface area contributed by atoms with E-state index in [1.807, 2.05) is 35.2 Å². The molecule has 1 unspecified atom stereocenters. The van der Waals surface area contributed by atoms with Crippen LogP contribution in [-0.4, -0.2) is 51.8 Å². The van der Waals surface area contributed by atoms with Crippen LogP contribution < -0.4 is 0 Å². The Bertz CT molecular complexity index is 696. The van der Waals surface area contributed by atoms with Crippen molar-refractivity contribution in [1.29, 1.82) is 0 Å². The molecule has 2 heterocycles. The monoisotopic (exact) mass is 335 g/mol. The second-order valence-electron chi connectivity index (χ2n) is 5.43. The second-order valence-corrected chi connectivity index (χ2v) is 5.78. The summed E-state index contributed by atoms with van der Waals surface area (Å²) in [6.07, 6.45) is 0. The first-order chi connectivity index (χ1) is 11.1. The fourth-order valence-electron chi connectivity index (χ4n) is 2.90. The van der Waals surface area contributed by atoms with E-state index in [1.165, 1.54) is 0 Å². The molecule has 0 radical (unpaired) electrons. The highest BCUT2D eigenvalue weighted by molar-refractivity contribution is 6.30. The Morgan fingerprint density at radius 3 is 2.57 bits per heavy atom. The van der Waals surface area contributed by atoms with Gasteiger partial charge in [-0.1, -0.05) is 41.9 Å². The minimum absolute atomic E-state index is 0.227. The molecule has 6 nitrogen and oxygen atoms in total. The van der Waals surface area contributed by atoms with E-state index in [1.54, 1.807) is 11.6 Å². The van der Waals surface area contributed by atoms with Gasteiger partial charge in [0, 0.05) is 25.7 Å². The van der Waals surface area contributed by atoms with Crippen LogP contribution in [0.5, 0.6) is 0 Å². The number of morpholine rings is 1. The number of halogens is 1. The summed E-state index contributed by atoms with van der Waals surface area (Å²) in [5, 5.41) is 9.95. The van der Waals surface area contributed by atoms with Crippen molar-refractivity contribution in [3.63, 3.8) is 0 Å². The van der Waals surface area contributed by atoms with Crippen molar-refractivity contribution < 1.29 is 14.6 Å². The van der Waals surface area contributed by atoms with Crippen molar-refractivity contribution in [2.75, 3.05) is 26.3 Å². The summed E-state index contributed by atoms with van der Waals surface area (Å²) >= 11 is 6.30. The van der Waals surface area contributed by atoms with Crippen LogP contribution in [0.1, 0.15) is 11.7 Å². The molecule has 3 rings (SSSR count). The van der Waals surface area contributed by atoms with Crippen LogP contribution in [0.3, 0.4) is 0 Å². The lowest BCUT2D eigenvalue weighted by atomic mass is 10.1. The predicted molar refractivity (Wildman–Crippen MR) is 86.4 cm³/mol. The zero-order valence-corrected chi connectivity index (χ0v) is 13.5. The number of hydrogen-bond donors (Lipinski definition) is 1. The van der Waals surface area contributed by atoms with Crippen molar-refractivity contribution in [1.82, 2.24) is 14.5 Å². The van der Waals surface area contributed by atoms with Crippen molar-refractivity contribution in [3.05, 3.63) is 41.2 Å². The average molecular weight is 336 g/mol. The van der Waals surface area contributed by atoms with Crippen LogP contribution in [-0.2, 0) is 16.6 Å². The van der Waals surface area contributed by atoms with Crippen molar-refractivity contribution >= 4 is 17.6 Å². The van der Waals surface area contributed by atoms with E-state index >= 15 is 0 Å². The summed E-state index contributed by atoms with van der Waals surface area (Å²) < 4.78 is 7.08.